The smallest absolute Gasteiger partial charge is 0.334 e. The largest absolute Gasteiger partial charge is 0.398 e. The van der Waals surface area contributed by atoms with Crippen LogP contribution in [0.5, 0.6) is 0 Å². The molecule has 0 heterocycles. The molecular weight excluding hydrogens is 180 g/mol. The Hall–Kier alpha value is 0.137. The zero-order valence-electron chi connectivity index (χ0n) is 9.72. The van der Waals surface area contributed by atoms with Crippen LogP contribution in [0.25, 0.3) is 0 Å². The topological polar surface area (TPSA) is 18.5 Å². The van der Waals surface area contributed by atoms with Crippen molar-refractivity contribution in [2.24, 2.45) is 5.92 Å². The van der Waals surface area contributed by atoms with E-state index in [9.17, 15) is 0 Å². The first-order valence-corrected chi connectivity index (χ1v) is 7.66. The quantitative estimate of drug-likeness (QED) is 0.468. The van der Waals surface area contributed by atoms with Crippen molar-refractivity contribution in [2.45, 2.75) is 45.7 Å². The molecule has 2 nitrogen and oxygen atoms in total. The van der Waals surface area contributed by atoms with Gasteiger partial charge in [0, 0.05) is 14.2 Å². The van der Waals surface area contributed by atoms with Gasteiger partial charge in [0.25, 0.3) is 0 Å². The van der Waals surface area contributed by atoms with E-state index in [1.54, 1.807) is 14.2 Å². The lowest BCUT2D eigenvalue weighted by Gasteiger charge is -2.22. The third-order valence-electron chi connectivity index (χ3n) is 2.53. The molecule has 0 aliphatic carbocycles. The molecule has 0 fully saturated rings. The van der Waals surface area contributed by atoms with Crippen molar-refractivity contribution >= 4 is 8.56 Å². The Morgan fingerprint density at radius 3 is 2.00 bits per heavy atom. The Balaban J connectivity index is 3.50. The second kappa shape index (κ2) is 6.57. The van der Waals surface area contributed by atoms with Crippen LogP contribution < -0.4 is 0 Å². The zero-order valence-corrected chi connectivity index (χ0v) is 10.7. The molecule has 0 N–H and O–H groups in total. The molecule has 0 amide bonds. The van der Waals surface area contributed by atoms with Gasteiger partial charge in [-0.2, -0.15) is 0 Å². The molecule has 3 heteroatoms. The fourth-order valence-corrected chi connectivity index (χ4v) is 2.75. The van der Waals surface area contributed by atoms with Crippen molar-refractivity contribution in [2.75, 3.05) is 14.2 Å². The van der Waals surface area contributed by atoms with E-state index in [0.717, 1.165) is 12.0 Å². The van der Waals surface area contributed by atoms with Crippen molar-refractivity contribution in [3.63, 3.8) is 0 Å². The van der Waals surface area contributed by atoms with Gasteiger partial charge in [0.15, 0.2) is 0 Å². The second-order valence-corrected chi connectivity index (χ2v) is 7.77. The number of hydrogen-bond acceptors (Lipinski definition) is 2. The Bertz CT molecular complexity index is 122. The lowest BCUT2D eigenvalue weighted by Crippen LogP contribution is -2.35. The van der Waals surface area contributed by atoms with Gasteiger partial charge in [0.1, 0.15) is 0 Å². The van der Waals surface area contributed by atoms with Crippen LogP contribution in [0.2, 0.25) is 12.6 Å². The van der Waals surface area contributed by atoms with Gasteiger partial charge in [-0.15, -0.1) is 0 Å². The van der Waals surface area contributed by atoms with Gasteiger partial charge in [0.05, 0.1) is 0 Å². The molecule has 0 aromatic heterocycles. The minimum atomic E-state index is -1.77. The Morgan fingerprint density at radius 2 is 1.62 bits per heavy atom. The highest BCUT2D eigenvalue weighted by Gasteiger charge is 2.27. The molecule has 0 spiro atoms. The van der Waals surface area contributed by atoms with Crippen LogP contribution in [0.4, 0.5) is 0 Å². The minimum absolute atomic E-state index is 0.818. The fraction of sp³-hybridized carbons (Fsp3) is 1.00. The normalized spacial score (nSPS) is 12.5. The highest BCUT2D eigenvalue weighted by Crippen LogP contribution is 2.17. The standard InChI is InChI=1S/C10H24O2Si/c1-10(2)8-6-7-9-13(5,11-3)12-4/h10H,6-9H2,1-5H3. The molecule has 0 unspecified atom stereocenters. The van der Waals surface area contributed by atoms with Gasteiger partial charge < -0.3 is 8.85 Å². The summed E-state index contributed by atoms with van der Waals surface area (Å²) >= 11 is 0. The van der Waals surface area contributed by atoms with E-state index >= 15 is 0 Å². The maximum atomic E-state index is 5.41. The van der Waals surface area contributed by atoms with Crippen molar-refractivity contribution < 1.29 is 8.85 Å². The summed E-state index contributed by atoms with van der Waals surface area (Å²) in [5.74, 6) is 0.818. The lowest BCUT2D eigenvalue weighted by atomic mass is 10.1. The maximum Gasteiger partial charge on any atom is 0.334 e. The predicted molar refractivity (Wildman–Crippen MR) is 59.1 cm³/mol. The molecule has 0 atom stereocenters. The van der Waals surface area contributed by atoms with Crippen LogP contribution >= 0.6 is 0 Å². The molecule has 0 radical (unpaired) electrons. The SMILES string of the molecule is CO[Si](C)(CCCCC(C)C)OC. The van der Waals surface area contributed by atoms with Crippen LogP contribution in [0.1, 0.15) is 33.1 Å². The first-order valence-electron chi connectivity index (χ1n) is 5.14. The van der Waals surface area contributed by atoms with Gasteiger partial charge in [0.2, 0.25) is 0 Å². The third-order valence-corrected chi connectivity index (χ3v) is 5.51. The minimum Gasteiger partial charge on any atom is -0.398 e. The molecule has 13 heavy (non-hydrogen) atoms. The average molecular weight is 204 g/mol. The van der Waals surface area contributed by atoms with Crippen LogP contribution in [0.15, 0.2) is 0 Å². The van der Waals surface area contributed by atoms with Gasteiger partial charge in [-0.25, -0.2) is 0 Å². The molecule has 0 rings (SSSR count). The first kappa shape index (κ1) is 13.1. The third kappa shape index (κ3) is 6.24. The second-order valence-electron chi connectivity index (χ2n) is 4.18. The Labute approximate surface area is 83.9 Å². The van der Waals surface area contributed by atoms with Gasteiger partial charge in [-0.3, -0.25) is 0 Å². The van der Waals surface area contributed by atoms with E-state index < -0.39 is 8.56 Å². The summed E-state index contributed by atoms with van der Waals surface area (Å²) in [6, 6.07) is 1.12. The van der Waals surface area contributed by atoms with E-state index in [1.165, 1.54) is 19.3 Å². The van der Waals surface area contributed by atoms with Crippen molar-refractivity contribution in [3.05, 3.63) is 0 Å². The summed E-state index contributed by atoms with van der Waals surface area (Å²) in [6.45, 7) is 6.66. The van der Waals surface area contributed by atoms with Crippen molar-refractivity contribution in [1.29, 1.82) is 0 Å². The van der Waals surface area contributed by atoms with Crippen LogP contribution in [0, 0.1) is 5.92 Å². The summed E-state index contributed by atoms with van der Waals surface area (Å²) in [5.41, 5.74) is 0. The van der Waals surface area contributed by atoms with E-state index in [1.807, 2.05) is 0 Å². The summed E-state index contributed by atoms with van der Waals surface area (Å²) in [6.07, 6.45) is 3.85. The molecule has 0 aliphatic rings. The summed E-state index contributed by atoms with van der Waals surface area (Å²) < 4.78 is 10.8. The maximum absolute atomic E-state index is 5.41. The number of unbranched alkanes of at least 4 members (excludes halogenated alkanes) is 1. The molecule has 0 aliphatic heterocycles. The summed E-state index contributed by atoms with van der Waals surface area (Å²) in [4.78, 5) is 0. The molecule has 0 bridgehead atoms. The molecule has 0 saturated heterocycles. The molecule has 80 valence electrons. The highest BCUT2D eigenvalue weighted by atomic mass is 28.4. The van der Waals surface area contributed by atoms with Crippen LogP contribution in [-0.4, -0.2) is 22.8 Å². The summed E-state index contributed by atoms with van der Waals surface area (Å²) in [5, 5.41) is 0. The van der Waals surface area contributed by atoms with E-state index in [0.29, 0.717) is 0 Å². The van der Waals surface area contributed by atoms with Gasteiger partial charge in [-0.1, -0.05) is 33.1 Å². The van der Waals surface area contributed by atoms with Crippen LogP contribution in [-0.2, 0) is 8.85 Å². The number of rotatable bonds is 7. The van der Waals surface area contributed by atoms with Crippen molar-refractivity contribution in [1.82, 2.24) is 0 Å². The predicted octanol–water partition coefficient (Wildman–Crippen LogP) is 3.18. The molecule has 0 aromatic carbocycles. The fourth-order valence-electron chi connectivity index (χ4n) is 1.29. The van der Waals surface area contributed by atoms with Gasteiger partial charge >= 0.3 is 8.56 Å². The van der Waals surface area contributed by atoms with Gasteiger partial charge in [-0.05, 0) is 18.5 Å². The van der Waals surface area contributed by atoms with E-state index in [4.69, 9.17) is 8.85 Å². The Kier molecular flexibility index (Phi) is 6.64. The molecule has 0 saturated carbocycles. The van der Waals surface area contributed by atoms with E-state index in [-0.39, 0.29) is 0 Å². The highest BCUT2D eigenvalue weighted by molar-refractivity contribution is 6.65. The Morgan fingerprint density at radius 1 is 1.08 bits per heavy atom. The lowest BCUT2D eigenvalue weighted by molar-refractivity contribution is 0.248. The molecule has 0 aromatic rings. The summed E-state index contributed by atoms with van der Waals surface area (Å²) in [7, 11) is 1.75. The average Bonchev–Trinajstić information content (AvgIpc) is 2.12. The van der Waals surface area contributed by atoms with Crippen LogP contribution in [0.3, 0.4) is 0 Å². The van der Waals surface area contributed by atoms with Crippen molar-refractivity contribution in [3.8, 4) is 0 Å². The first-order chi connectivity index (χ1) is 6.04. The molecular formula is C10H24O2Si. The number of hydrogen-bond donors (Lipinski definition) is 0. The van der Waals surface area contributed by atoms with E-state index in [2.05, 4.69) is 20.4 Å². The monoisotopic (exact) mass is 204 g/mol. The zero-order chi connectivity index (χ0) is 10.3.